The number of nitrogens with zero attached hydrogens (tertiary/aromatic N) is 1. The summed E-state index contributed by atoms with van der Waals surface area (Å²) in [7, 11) is -3.19. The second kappa shape index (κ2) is 6.89. The number of likely N-dealkylation sites (N-methyl/N-ethyl adjacent to an activating group) is 1. The maximum absolute atomic E-state index is 11.5. The molecule has 118 valence electrons. The molecule has 1 aromatic carbocycles. The van der Waals surface area contributed by atoms with E-state index >= 15 is 0 Å². The van der Waals surface area contributed by atoms with Crippen LogP contribution in [0.15, 0.2) is 34.5 Å². The molecule has 0 aliphatic rings. The lowest BCUT2D eigenvalue weighted by Crippen LogP contribution is -2.24. The minimum atomic E-state index is -3.19. The van der Waals surface area contributed by atoms with E-state index in [0.717, 1.165) is 5.69 Å². The second-order valence-electron chi connectivity index (χ2n) is 4.70. The van der Waals surface area contributed by atoms with Crippen molar-refractivity contribution in [2.75, 3.05) is 18.1 Å². The molecule has 1 amide bonds. The van der Waals surface area contributed by atoms with Crippen LogP contribution in [0, 0.1) is 0 Å². The number of aromatic nitrogens is 1. The van der Waals surface area contributed by atoms with Gasteiger partial charge < -0.3 is 10.6 Å². The monoisotopic (exact) mass is 339 g/mol. The van der Waals surface area contributed by atoms with Crippen LogP contribution in [0.3, 0.4) is 0 Å². The van der Waals surface area contributed by atoms with Crippen molar-refractivity contribution < 1.29 is 13.2 Å². The predicted octanol–water partition coefficient (Wildman–Crippen LogP) is 1.97. The first-order chi connectivity index (χ1) is 10.4. The molecule has 6 nitrogen and oxygen atoms in total. The maximum atomic E-state index is 11.5. The third-order valence-corrected chi connectivity index (χ3v) is 4.74. The highest BCUT2D eigenvalue weighted by molar-refractivity contribution is 7.90. The number of nitrogens with one attached hydrogen (secondary N) is 2. The number of hydrogen-bond donors (Lipinski definition) is 2. The number of benzene rings is 1. The van der Waals surface area contributed by atoms with Crippen LogP contribution in [-0.2, 0) is 21.1 Å². The highest BCUT2D eigenvalue weighted by Crippen LogP contribution is 2.22. The fraction of sp³-hybridized carbons (Fsp3) is 0.286. The highest BCUT2D eigenvalue weighted by atomic mass is 32.2. The molecule has 0 aliphatic carbocycles. The molecule has 2 rings (SSSR count). The zero-order valence-corrected chi connectivity index (χ0v) is 13.9. The summed E-state index contributed by atoms with van der Waals surface area (Å²) in [5.41, 5.74) is 1.44. The van der Waals surface area contributed by atoms with Crippen LogP contribution in [0.4, 0.5) is 10.8 Å². The van der Waals surface area contributed by atoms with Crippen molar-refractivity contribution in [3.63, 3.8) is 0 Å². The third kappa shape index (κ3) is 4.54. The lowest BCUT2D eigenvalue weighted by Gasteiger charge is -2.03. The molecule has 0 atom stereocenters. The first kappa shape index (κ1) is 16.4. The van der Waals surface area contributed by atoms with E-state index in [9.17, 15) is 13.2 Å². The Labute approximate surface area is 133 Å². The molecule has 1 aromatic heterocycles. The fourth-order valence-corrected chi connectivity index (χ4v) is 3.14. The summed E-state index contributed by atoms with van der Waals surface area (Å²) < 4.78 is 22.8. The number of thiazole rings is 1. The van der Waals surface area contributed by atoms with Crippen LogP contribution in [0.2, 0.25) is 0 Å². The lowest BCUT2D eigenvalue weighted by molar-refractivity contribution is -0.120. The van der Waals surface area contributed by atoms with Crippen molar-refractivity contribution in [1.82, 2.24) is 10.3 Å². The molecule has 2 N–H and O–H groups in total. The molecule has 2 aromatic rings. The molecular formula is C14H17N3O3S2. The minimum absolute atomic E-state index is 0.0585. The molecule has 8 heteroatoms. The van der Waals surface area contributed by atoms with Gasteiger partial charge in [0, 0.05) is 23.9 Å². The van der Waals surface area contributed by atoms with Gasteiger partial charge in [-0.1, -0.05) is 0 Å². The van der Waals surface area contributed by atoms with Crippen molar-refractivity contribution in [1.29, 1.82) is 0 Å². The van der Waals surface area contributed by atoms with Crippen molar-refractivity contribution in [2.24, 2.45) is 0 Å². The Morgan fingerprint density at radius 2 is 1.95 bits per heavy atom. The smallest absolute Gasteiger partial charge is 0.226 e. The van der Waals surface area contributed by atoms with Crippen LogP contribution in [0.5, 0.6) is 0 Å². The number of rotatable bonds is 6. The van der Waals surface area contributed by atoms with Crippen LogP contribution in [0.1, 0.15) is 12.6 Å². The van der Waals surface area contributed by atoms with Gasteiger partial charge in [0.2, 0.25) is 5.91 Å². The van der Waals surface area contributed by atoms with Crippen LogP contribution >= 0.6 is 11.3 Å². The normalized spacial score (nSPS) is 11.2. The van der Waals surface area contributed by atoms with Gasteiger partial charge in [0.05, 0.1) is 17.0 Å². The van der Waals surface area contributed by atoms with E-state index in [1.807, 2.05) is 12.3 Å². The summed E-state index contributed by atoms with van der Waals surface area (Å²) in [5, 5.41) is 8.29. The van der Waals surface area contributed by atoms with E-state index in [0.29, 0.717) is 17.4 Å². The van der Waals surface area contributed by atoms with Gasteiger partial charge in [-0.2, -0.15) is 0 Å². The largest absolute Gasteiger partial charge is 0.356 e. The molecule has 0 saturated carbocycles. The highest BCUT2D eigenvalue weighted by Gasteiger charge is 2.09. The number of hydrogen-bond acceptors (Lipinski definition) is 6. The first-order valence-corrected chi connectivity index (χ1v) is 9.44. The van der Waals surface area contributed by atoms with E-state index in [1.54, 1.807) is 24.3 Å². The molecule has 0 saturated heterocycles. The van der Waals surface area contributed by atoms with Crippen molar-refractivity contribution in [2.45, 2.75) is 18.2 Å². The standard InChI is InChI=1S/C14H17N3O3S2/c1-3-15-13(18)8-11-9-21-14(17-11)16-10-4-6-12(7-5-10)22(2,19)20/h4-7,9H,3,8H2,1-2H3,(H,15,18)(H,16,17). The second-order valence-corrected chi connectivity index (χ2v) is 7.57. The van der Waals surface area contributed by atoms with Gasteiger partial charge in [-0.05, 0) is 31.2 Å². The zero-order valence-electron chi connectivity index (χ0n) is 12.3. The van der Waals surface area contributed by atoms with Gasteiger partial charge in [0.1, 0.15) is 0 Å². The summed E-state index contributed by atoms with van der Waals surface area (Å²) in [5.74, 6) is -0.0585. The minimum Gasteiger partial charge on any atom is -0.356 e. The molecule has 0 fully saturated rings. The predicted molar refractivity (Wildman–Crippen MR) is 87.3 cm³/mol. The third-order valence-electron chi connectivity index (χ3n) is 2.80. The van der Waals surface area contributed by atoms with Gasteiger partial charge in [-0.3, -0.25) is 4.79 Å². The summed E-state index contributed by atoms with van der Waals surface area (Å²) in [4.78, 5) is 16.1. The molecule has 0 spiro atoms. The van der Waals surface area contributed by atoms with Crippen molar-refractivity contribution in [3.8, 4) is 0 Å². The van der Waals surface area contributed by atoms with Gasteiger partial charge in [-0.15, -0.1) is 11.3 Å². The molecule has 0 bridgehead atoms. The van der Waals surface area contributed by atoms with Gasteiger partial charge >= 0.3 is 0 Å². The van der Waals surface area contributed by atoms with E-state index in [2.05, 4.69) is 15.6 Å². The number of sulfone groups is 1. The maximum Gasteiger partial charge on any atom is 0.226 e. The topological polar surface area (TPSA) is 88.2 Å². The zero-order chi connectivity index (χ0) is 16.2. The van der Waals surface area contributed by atoms with Crippen molar-refractivity contribution in [3.05, 3.63) is 35.3 Å². The fourth-order valence-electron chi connectivity index (χ4n) is 1.78. The Bertz CT molecular complexity index is 752. The molecular weight excluding hydrogens is 322 g/mol. The average Bonchev–Trinajstić information content (AvgIpc) is 2.85. The van der Waals surface area contributed by atoms with E-state index in [1.165, 1.54) is 17.6 Å². The Morgan fingerprint density at radius 3 is 2.55 bits per heavy atom. The molecule has 1 heterocycles. The first-order valence-electron chi connectivity index (χ1n) is 6.66. The Balaban J connectivity index is 2.02. The van der Waals surface area contributed by atoms with E-state index in [4.69, 9.17) is 0 Å². The van der Waals surface area contributed by atoms with Crippen LogP contribution in [-0.4, -0.2) is 32.1 Å². The summed E-state index contributed by atoms with van der Waals surface area (Å²) in [6, 6.07) is 6.45. The number of carbonyl (C=O) groups excluding carboxylic acids is 1. The number of carbonyl (C=O) groups is 1. The summed E-state index contributed by atoms with van der Waals surface area (Å²) in [6.45, 7) is 2.47. The summed E-state index contributed by atoms with van der Waals surface area (Å²) >= 11 is 1.39. The Kier molecular flexibility index (Phi) is 5.15. The lowest BCUT2D eigenvalue weighted by atomic mass is 10.3. The van der Waals surface area contributed by atoms with Crippen LogP contribution in [0.25, 0.3) is 0 Å². The molecule has 0 radical (unpaired) electrons. The van der Waals surface area contributed by atoms with E-state index in [-0.39, 0.29) is 17.2 Å². The summed E-state index contributed by atoms with van der Waals surface area (Å²) in [6.07, 6.45) is 1.42. The molecule has 0 aliphatic heterocycles. The molecule has 22 heavy (non-hydrogen) atoms. The van der Waals surface area contributed by atoms with E-state index < -0.39 is 9.84 Å². The average molecular weight is 339 g/mol. The van der Waals surface area contributed by atoms with Gasteiger partial charge in [0.15, 0.2) is 15.0 Å². The number of anilines is 2. The van der Waals surface area contributed by atoms with Gasteiger partial charge in [0.25, 0.3) is 0 Å². The SMILES string of the molecule is CCNC(=O)Cc1csc(Nc2ccc(S(C)(=O)=O)cc2)n1. The Morgan fingerprint density at radius 1 is 1.27 bits per heavy atom. The van der Waals surface area contributed by atoms with Crippen LogP contribution < -0.4 is 10.6 Å². The molecule has 0 unspecified atom stereocenters. The number of amides is 1. The van der Waals surface area contributed by atoms with Gasteiger partial charge in [-0.25, -0.2) is 13.4 Å². The quantitative estimate of drug-likeness (QED) is 0.840. The Hall–Kier alpha value is -1.93. The van der Waals surface area contributed by atoms with Crippen molar-refractivity contribution >= 4 is 37.9 Å².